The van der Waals surface area contributed by atoms with Crippen LogP contribution in [-0.2, 0) is 47.1 Å². The van der Waals surface area contributed by atoms with Crippen LogP contribution in [0.4, 0.5) is 0 Å². The standard InChI is InChI=1S/3C3H4O2.3C3H9S/c3*1-2-3(4)5;3*1-4(2)3/h3*2H,1H2,(H,4,5);3*1-3H3/q;;;3*+1/p-3. The number of rotatable bonds is 3. The van der Waals surface area contributed by atoms with Gasteiger partial charge in [-0.2, -0.15) is 0 Å². The quantitative estimate of drug-likeness (QED) is 0.376. The van der Waals surface area contributed by atoms with E-state index in [1.54, 1.807) is 0 Å². The molecule has 0 saturated carbocycles. The largest absolute Gasteiger partial charge is 0.545 e. The predicted molar refractivity (Wildman–Crippen MR) is 121 cm³/mol. The molecule has 0 N–H and O–H groups in total. The fourth-order valence-electron chi connectivity index (χ4n) is 0. The molecule has 0 radical (unpaired) electrons. The Morgan fingerprint density at radius 3 is 0.556 bits per heavy atom. The smallest absolute Gasteiger partial charge is 0.0969 e. The Morgan fingerprint density at radius 1 is 0.519 bits per heavy atom. The first-order valence-corrected chi connectivity index (χ1v) is 14.3. The molecular weight excluding hydrogens is 408 g/mol. The maximum Gasteiger partial charge on any atom is 0.0969 e. The predicted octanol–water partition coefficient (Wildman–Crippen LogP) is -1.75. The second kappa shape index (κ2) is 35.7. The lowest BCUT2D eigenvalue weighted by Crippen LogP contribution is -2.17. The van der Waals surface area contributed by atoms with E-state index in [4.69, 9.17) is 29.7 Å². The summed E-state index contributed by atoms with van der Waals surface area (Å²) in [6.45, 7) is 8.69. The van der Waals surface area contributed by atoms with E-state index >= 15 is 0 Å². The van der Waals surface area contributed by atoms with E-state index in [9.17, 15) is 0 Å². The van der Waals surface area contributed by atoms with E-state index in [0.29, 0.717) is 32.7 Å². The van der Waals surface area contributed by atoms with Crippen LogP contribution in [0.2, 0.25) is 0 Å². The number of hydrogen-bond acceptors (Lipinski definition) is 6. The Labute approximate surface area is 174 Å². The second-order valence-corrected chi connectivity index (χ2v) is 12.6. The van der Waals surface area contributed by atoms with E-state index in [2.05, 4.69) is 76.0 Å². The first-order valence-electron chi connectivity index (χ1n) is 6.99. The lowest BCUT2D eigenvalue weighted by Gasteiger charge is -1.81. The van der Waals surface area contributed by atoms with Gasteiger partial charge in [-0.15, -0.1) is 0 Å². The lowest BCUT2D eigenvalue weighted by atomic mass is 10.7. The van der Waals surface area contributed by atoms with Gasteiger partial charge in [-0.25, -0.2) is 0 Å². The molecule has 0 saturated heterocycles. The Bertz CT molecular complexity index is 316. The Balaban J connectivity index is -0.0000000492. The molecule has 0 aromatic heterocycles. The third-order valence-electron chi connectivity index (χ3n) is 0.500. The first kappa shape index (κ1) is 40.4. The molecule has 0 aromatic rings. The summed E-state index contributed by atoms with van der Waals surface area (Å²) in [4.78, 5) is 27.4. The van der Waals surface area contributed by atoms with Crippen LogP contribution in [0.3, 0.4) is 0 Å². The maximum atomic E-state index is 9.14. The molecule has 0 bridgehead atoms. The molecular formula is C18H36O6S3. The van der Waals surface area contributed by atoms with Crippen LogP contribution in [0.25, 0.3) is 0 Å². The average molecular weight is 445 g/mol. The van der Waals surface area contributed by atoms with Crippen LogP contribution in [0.1, 0.15) is 0 Å². The fraction of sp³-hybridized carbons (Fsp3) is 0.500. The van der Waals surface area contributed by atoms with E-state index in [0.717, 1.165) is 18.2 Å². The van der Waals surface area contributed by atoms with E-state index < -0.39 is 17.9 Å². The van der Waals surface area contributed by atoms with Crippen molar-refractivity contribution in [3.8, 4) is 0 Å². The molecule has 0 atom stereocenters. The van der Waals surface area contributed by atoms with Gasteiger partial charge >= 0.3 is 0 Å². The van der Waals surface area contributed by atoms with Gasteiger partial charge in [0, 0.05) is 0 Å². The molecule has 27 heavy (non-hydrogen) atoms. The monoisotopic (exact) mass is 444 g/mol. The van der Waals surface area contributed by atoms with Crippen molar-refractivity contribution in [3.63, 3.8) is 0 Å². The third kappa shape index (κ3) is 580. The van der Waals surface area contributed by atoms with Crippen molar-refractivity contribution in [2.75, 3.05) is 56.3 Å². The zero-order chi connectivity index (χ0) is 23.6. The number of carbonyl (C=O) groups excluding carboxylic acids is 3. The van der Waals surface area contributed by atoms with Crippen molar-refractivity contribution < 1.29 is 29.7 Å². The molecule has 0 amide bonds. The molecule has 0 aliphatic heterocycles. The molecule has 9 heteroatoms. The van der Waals surface area contributed by atoms with Crippen molar-refractivity contribution in [2.45, 2.75) is 0 Å². The van der Waals surface area contributed by atoms with E-state index in [-0.39, 0.29) is 0 Å². The lowest BCUT2D eigenvalue weighted by molar-refractivity contribution is -0.298. The van der Waals surface area contributed by atoms with Crippen molar-refractivity contribution in [3.05, 3.63) is 38.0 Å². The zero-order valence-corrected chi connectivity index (χ0v) is 20.5. The highest BCUT2D eigenvalue weighted by Crippen LogP contribution is 1.64. The molecule has 0 fully saturated rings. The highest BCUT2D eigenvalue weighted by atomic mass is 32.2. The Hall–Kier alpha value is -1.32. The summed E-state index contributed by atoms with van der Waals surface area (Å²) in [5.74, 6) is -3.69. The van der Waals surface area contributed by atoms with Crippen LogP contribution in [0.5, 0.6) is 0 Å². The van der Waals surface area contributed by atoms with Crippen LogP contribution in [0, 0.1) is 0 Å². The van der Waals surface area contributed by atoms with E-state index in [1.807, 2.05) is 0 Å². The molecule has 6 nitrogen and oxygen atoms in total. The van der Waals surface area contributed by atoms with Gasteiger partial charge in [0.25, 0.3) is 0 Å². The molecule has 0 rings (SSSR count). The summed E-state index contributed by atoms with van der Waals surface area (Å²) in [6.07, 6.45) is 21.9. The molecule has 0 aliphatic rings. The van der Waals surface area contributed by atoms with Gasteiger partial charge in [0.2, 0.25) is 0 Å². The highest BCUT2D eigenvalue weighted by Gasteiger charge is 1.78. The summed E-state index contributed by atoms with van der Waals surface area (Å²) >= 11 is 0. The summed E-state index contributed by atoms with van der Waals surface area (Å²) in [5, 5.41) is 27.4. The number of carboxylic acids is 3. The topological polar surface area (TPSA) is 120 Å². The molecule has 0 heterocycles. The zero-order valence-electron chi connectivity index (χ0n) is 18.0. The summed E-state index contributed by atoms with van der Waals surface area (Å²) in [7, 11) is 1.92. The molecule has 0 aromatic carbocycles. The van der Waals surface area contributed by atoms with Crippen molar-refractivity contribution >= 4 is 50.6 Å². The minimum absolute atomic E-state index is 0.639. The normalized spacial score (nSPS) is 7.56. The van der Waals surface area contributed by atoms with Crippen LogP contribution >= 0.6 is 0 Å². The first-order chi connectivity index (χ1) is 12.0. The number of aliphatic carboxylic acids is 3. The van der Waals surface area contributed by atoms with Gasteiger partial charge in [-0.1, -0.05) is 19.7 Å². The van der Waals surface area contributed by atoms with Gasteiger partial charge in [-0.3, -0.25) is 0 Å². The third-order valence-corrected chi connectivity index (χ3v) is 0.500. The summed E-state index contributed by atoms with van der Waals surface area (Å²) in [5.41, 5.74) is 0. The maximum absolute atomic E-state index is 9.14. The summed E-state index contributed by atoms with van der Waals surface area (Å²) < 4.78 is 0. The minimum atomic E-state index is -1.23. The van der Waals surface area contributed by atoms with Crippen LogP contribution < -0.4 is 15.3 Å². The molecule has 0 aliphatic carbocycles. The molecule has 0 unspecified atom stereocenters. The van der Waals surface area contributed by atoms with Gasteiger partial charge < -0.3 is 29.7 Å². The summed E-state index contributed by atoms with van der Waals surface area (Å²) in [6, 6.07) is 0. The second-order valence-electron chi connectivity index (χ2n) is 5.24. The molecule has 0 spiro atoms. The van der Waals surface area contributed by atoms with Crippen molar-refractivity contribution in [1.82, 2.24) is 0 Å². The minimum Gasteiger partial charge on any atom is -0.545 e. The highest BCUT2D eigenvalue weighted by molar-refractivity contribution is 7.95. The Morgan fingerprint density at radius 2 is 0.556 bits per heavy atom. The van der Waals surface area contributed by atoms with Crippen molar-refractivity contribution in [2.24, 2.45) is 0 Å². The van der Waals surface area contributed by atoms with Gasteiger partial charge in [-0.05, 0) is 50.9 Å². The number of hydrogen-bond donors (Lipinski definition) is 0. The number of carboxylic acid groups (broad SMARTS) is 3. The van der Waals surface area contributed by atoms with Crippen molar-refractivity contribution in [1.29, 1.82) is 0 Å². The average Bonchev–Trinajstić information content (AvgIpc) is 2.46. The number of carbonyl (C=O) groups is 3. The van der Waals surface area contributed by atoms with Gasteiger partial charge in [0.05, 0.1) is 74.2 Å². The Kier molecular flexibility index (Phi) is 53.4. The van der Waals surface area contributed by atoms with Crippen LogP contribution in [0.15, 0.2) is 38.0 Å². The van der Waals surface area contributed by atoms with Crippen LogP contribution in [-0.4, -0.2) is 74.2 Å². The van der Waals surface area contributed by atoms with Gasteiger partial charge in [0.1, 0.15) is 0 Å². The van der Waals surface area contributed by atoms with E-state index in [1.165, 1.54) is 0 Å². The fourth-order valence-corrected chi connectivity index (χ4v) is 0. The molecule has 162 valence electrons. The van der Waals surface area contributed by atoms with Gasteiger partial charge in [0.15, 0.2) is 0 Å². The SMILES string of the molecule is C=CC(=O)[O-].C=CC(=O)[O-].C=CC(=O)[O-].C[S+](C)C.C[S+](C)C.C[S+](C)C.